The predicted molar refractivity (Wildman–Crippen MR) is 57.0 cm³/mol. The van der Waals surface area contributed by atoms with Crippen LogP contribution in [0.1, 0.15) is 32.0 Å². The molecule has 1 aliphatic rings. The Kier molecular flexibility index (Phi) is 2.55. The zero-order valence-corrected chi connectivity index (χ0v) is 9.96. The summed E-state index contributed by atoms with van der Waals surface area (Å²) in [5.41, 5.74) is -2.42. The molecule has 1 heterocycles. The highest BCUT2D eigenvalue weighted by Gasteiger charge is 2.56. The SMILES string of the molecule is CCC1(F)CC(O)(c2ncc(Br)cn2)C1. The number of aromatic nitrogens is 2. The summed E-state index contributed by atoms with van der Waals surface area (Å²) in [6.45, 7) is 1.78. The van der Waals surface area contributed by atoms with Crippen LogP contribution in [0.2, 0.25) is 0 Å². The Balaban J connectivity index is 2.16. The van der Waals surface area contributed by atoms with Gasteiger partial charge < -0.3 is 5.11 Å². The topological polar surface area (TPSA) is 46.0 Å². The first-order valence-corrected chi connectivity index (χ1v) is 5.66. The van der Waals surface area contributed by atoms with Gasteiger partial charge in [0.15, 0.2) is 5.82 Å². The lowest BCUT2D eigenvalue weighted by Gasteiger charge is -2.46. The van der Waals surface area contributed by atoms with E-state index in [2.05, 4.69) is 25.9 Å². The molecule has 0 unspecified atom stereocenters. The number of aliphatic hydroxyl groups is 1. The summed E-state index contributed by atoms with van der Waals surface area (Å²) in [6.07, 6.45) is 3.73. The average molecular weight is 275 g/mol. The van der Waals surface area contributed by atoms with Crippen LogP contribution in [0, 0.1) is 0 Å². The second kappa shape index (κ2) is 3.49. The number of alkyl halides is 1. The van der Waals surface area contributed by atoms with Gasteiger partial charge in [-0.25, -0.2) is 14.4 Å². The maximum Gasteiger partial charge on any atom is 0.160 e. The summed E-state index contributed by atoms with van der Waals surface area (Å²) < 4.78 is 14.4. The van der Waals surface area contributed by atoms with Crippen molar-refractivity contribution in [3.05, 3.63) is 22.7 Å². The van der Waals surface area contributed by atoms with E-state index >= 15 is 0 Å². The summed E-state index contributed by atoms with van der Waals surface area (Å²) in [5, 5.41) is 10.1. The molecular weight excluding hydrogens is 263 g/mol. The van der Waals surface area contributed by atoms with Gasteiger partial charge in [0.25, 0.3) is 0 Å². The van der Waals surface area contributed by atoms with Gasteiger partial charge in [-0.05, 0) is 22.4 Å². The standard InChI is InChI=1S/C10H12BrFN2O/c1-2-9(12)5-10(15,6-9)8-13-3-7(11)4-14-8/h3-4,15H,2,5-6H2,1H3. The van der Waals surface area contributed by atoms with E-state index < -0.39 is 11.3 Å². The summed E-state index contributed by atoms with van der Waals surface area (Å²) in [4.78, 5) is 7.99. The van der Waals surface area contributed by atoms with Crippen LogP contribution in [0.5, 0.6) is 0 Å². The second-order valence-corrected chi connectivity index (χ2v) is 5.03. The van der Waals surface area contributed by atoms with Crippen molar-refractivity contribution in [1.82, 2.24) is 9.97 Å². The fourth-order valence-corrected chi connectivity index (χ4v) is 2.16. The maximum absolute atomic E-state index is 13.7. The number of halogens is 2. The summed E-state index contributed by atoms with van der Waals surface area (Å²) in [7, 11) is 0. The third kappa shape index (κ3) is 1.90. The lowest BCUT2D eigenvalue weighted by Crippen LogP contribution is -2.52. The quantitative estimate of drug-likeness (QED) is 0.901. The van der Waals surface area contributed by atoms with E-state index in [0.29, 0.717) is 12.2 Å². The molecule has 0 radical (unpaired) electrons. The molecule has 1 aliphatic carbocycles. The molecule has 82 valence electrons. The van der Waals surface area contributed by atoms with Gasteiger partial charge in [0.1, 0.15) is 11.3 Å². The Hall–Kier alpha value is -0.550. The van der Waals surface area contributed by atoms with E-state index in [1.165, 1.54) is 0 Å². The van der Waals surface area contributed by atoms with E-state index in [9.17, 15) is 9.50 Å². The molecular formula is C10H12BrFN2O. The van der Waals surface area contributed by atoms with Crippen LogP contribution in [0.4, 0.5) is 4.39 Å². The van der Waals surface area contributed by atoms with E-state index in [1.54, 1.807) is 19.3 Å². The molecule has 0 aliphatic heterocycles. The first-order valence-electron chi connectivity index (χ1n) is 4.87. The minimum atomic E-state index is -1.24. The van der Waals surface area contributed by atoms with Crippen LogP contribution < -0.4 is 0 Å². The number of rotatable bonds is 2. The van der Waals surface area contributed by atoms with Gasteiger partial charge in [-0.15, -0.1) is 0 Å². The summed E-state index contributed by atoms with van der Waals surface area (Å²) >= 11 is 3.21. The van der Waals surface area contributed by atoms with Crippen molar-refractivity contribution in [2.24, 2.45) is 0 Å². The van der Waals surface area contributed by atoms with Crippen molar-refractivity contribution in [2.75, 3.05) is 0 Å². The minimum Gasteiger partial charge on any atom is -0.382 e. The van der Waals surface area contributed by atoms with E-state index in [4.69, 9.17) is 0 Å². The molecule has 1 aromatic heterocycles. The molecule has 0 bridgehead atoms. The Morgan fingerprint density at radius 2 is 2.00 bits per heavy atom. The molecule has 15 heavy (non-hydrogen) atoms. The van der Waals surface area contributed by atoms with Crippen molar-refractivity contribution >= 4 is 15.9 Å². The van der Waals surface area contributed by atoms with Crippen LogP contribution in [-0.4, -0.2) is 20.7 Å². The van der Waals surface area contributed by atoms with E-state index in [0.717, 1.165) is 4.47 Å². The molecule has 0 spiro atoms. The van der Waals surface area contributed by atoms with Gasteiger partial charge in [0.05, 0.1) is 4.47 Å². The Morgan fingerprint density at radius 3 is 2.47 bits per heavy atom. The van der Waals surface area contributed by atoms with Gasteiger partial charge in [-0.2, -0.15) is 0 Å². The summed E-state index contributed by atoms with van der Waals surface area (Å²) in [5.74, 6) is 0.312. The number of hydrogen-bond acceptors (Lipinski definition) is 3. The highest BCUT2D eigenvalue weighted by atomic mass is 79.9. The zero-order valence-electron chi connectivity index (χ0n) is 8.37. The Bertz CT molecular complexity index is 362. The number of nitrogens with zero attached hydrogens (tertiary/aromatic N) is 2. The van der Waals surface area contributed by atoms with Crippen LogP contribution in [0.15, 0.2) is 16.9 Å². The molecule has 0 atom stereocenters. The van der Waals surface area contributed by atoms with Crippen molar-refractivity contribution in [1.29, 1.82) is 0 Å². The lowest BCUT2D eigenvalue weighted by atomic mass is 9.67. The molecule has 0 aromatic carbocycles. The Labute approximate surface area is 95.9 Å². The lowest BCUT2D eigenvalue weighted by molar-refractivity contribution is -0.153. The second-order valence-electron chi connectivity index (χ2n) is 4.11. The van der Waals surface area contributed by atoms with Gasteiger partial charge in [-0.1, -0.05) is 6.92 Å². The molecule has 0 saturated heterocycles. The maximum atomic E-state index is 13.7. The van der Waals surface area contributed by atoms with Crippen molar-refractivity contribution < 1.29 is 9.50 Å². The Morgan fingerprint density at radius 1 is 1.47 bits per heavy atom. The molecule has 1 N–H and O–H groups in total. The van der Waals surface area contributed by atoms with Gasteiger partial charge in [0, 0.05) is 25.2 Å². The smallest absolute Gasteiger partial charge is 0.160 e. The van der Waals surface area contributed by atoms with Crippen LogP contribution in [-0.2, 0) is 5.60 Å². The fraction of sp³-hybridized carbons (Fsp3) is 0.600. The molecule has 1 aromatic rings. The number of hydrogen-bond donors (Lipinski definition) is 1. The fourth-order valence-electron chi connectivity index (χ4n) is 1.96. The molecule has 1 saturated carbocycles. The third-order valence-corrected chi connectivity index (χ3v) is 3.30. The molecule has 3 nitrogen and oxygen atoms in total. The van der Waals surface area contributed by atoms with E-state index in [1.807, 2.05) is 0 Å². The van der Waals surface area contributed by atoms with Gasteiger partial charge >= 0.3 is 0 Å². The first-order chi connectivity index (χ1) is 6.97. The van der Waals surface area contributed by atoms with Crippen molar-refractivity contribution in [2.45, 2.75) is 37.5 Å². The molecule has 5 heteroatoms. The first kappa shape index (κ1) is 11.0. The van der Waals surface area contributed by atoms with E-state index in [-0.39, 0.29) is 12.8 Å². The molecule has 2 rings (SSSR count). The highest BCUT2D eigenvalue weighted by Crippen LogP contribution is 2.51. The van der Waals surface area contributed by atoms with Crippen LogP contribution in [0.25, 0.3) is 0 Å². The molecule has 1 fully saturated rings. The van der Waals surface area contributed by atoms with Crippen LogP contribution >= 0.6 is 15.9 Å². The monoisotopic (exact) mass is 274 g/mol. The summed E-state index contributed by atoms with van der Waals surface area (Å²) in [6, 6.07) is 0. The van der Waals surface area contributed by atoms with Gasteiger partial charge in [-0.3, -0.25) is 0 Å². The molecule has 0 amide bonds. The van der Waals surface area contributed by atoms with Crippen molar-refractivity contribution in [3.63, 3.8) is 0 Å². The zero-order chi connectivity index (χ0) is 11.1. The normalized spacial score (nSPS) is 34.9. The highest BCUT2D eigenvalue weighted by molar-refractivity contribution is 9.10. The third-order valence-electron chi connectivity index (χ3n) is 2.89. The predicted octanol–water partition coefficient (Wildman–Crippen LogP) is 2.34. The minimum absolute atomic E-state index is 0.0954. The van der Waals surface area contributed by atoms with Crippen molar-refractivity contribution in [3.8, 4) is 0 Å². The van der Waals surface area contributed by atoms with Gasteiger partial charge in [0.2, 0.25) is 0 Å². The van der Waals surface area contributed by atoms with Crippen LogP contribution in [0.3, 0.4) is 0 Å². The largest absolute Gasteiger partial charge is 0.382 e. The average Bonchev–Trinajstić information content (AvgIpc) is 2.16.